The van der Waals surface area contributed by atoms with Crippen molar-refractivity contribution >= 4 is 69.3 Å². The molecular formula is C19H15Cl3IN3. The lowest BCUT2D eigenvalue weighted by molar-refractivity contribution is 0.964. The van der Waals surface area contributed by atoms with Gasteiger partial charge in [-0.2, -0.15) is 5.10 Å². The van der Waals surface area contributed by atoms with Crippen LogP contribution in [0.15, 0.2) is 47.6 Å². The van der Waals surface area contributed by atoms with E-state index in [1.165, 1.54) is 3.57 Å². The molecule has 1 N–H and O–H groups in total. The number of nitrogens with zero attached hydrogens (tertiary/aromatic N) is 2. The highest BCUT2D eigenvalue weighted by atomic mass is 127. The summed E-state index contributed by atoms with van der Waals surface area (Å²) in [6, 6.07) is 13.7. The van der Waals surface area contributed by atoms with Gasteiger partial charge in [0.05, 0.1) is 21.9 Å². The van der Waals surface area contributed by atoms with Gasteiger partial charge in [0.25, 0.3) is 0 Å². The zero-order valence-corrected chi connectivity index (χ0v) is 18.5. The molecule has 0 saturated carbocycles. The van der Waals surface area contributed by atoms with Gasteiger partial charge in [0, 0.05) is 31.2 Å². The van der Waals surface area contributed by atoms with Gasteiger partial charge in [0.2, 0.25) is 0 Å². The van der Waals surface area contributed by atoms with Crippen molar-refractivity contribution in [3.63, 3.8) is 0 Å². The van der Waals surface area contributed by atoms with Gasteiger partial charge in [0.15, 0.2) is 0 Å². The van der Waals surface area contributed by atoms with E-state index in [1.54, 1.807) is 18.3 Å². The Balaban J connectivity index is 1.86. The van der Waals surface area contributed by atoms with E-state index >= 15 is 0 Å². The quantitative estimate of drug-likeness (QED) is 0.223. The van der Waals surface area contributed by atoms with Gasteiger partial charge >= 0.3 is 0 Å². The second-order valence-electron chi connectivity index (χ2n) is 5.75. The Kier molecular flexibility index (Phi) is 6.17. The molecule has 134 valence electrons. The van der Waals surface area contributed by atoms with Crippen LogP contribution in [-0.4, -0.2) is 10.8 Å². The molecule has 3 aromatic rings. The lowest BCUT2D eigenvalue weighted by atomic mass is 10.2. The molecule has 0 spiro atoms. The average molecular weight is 519 g/mol. The predicted octanol–water partition coefficient (Wildman–Crippen LogP) is 7.10. The molecule has 0 bridgehead atoms. The summed E-state index contributed by atoms with van der Waals surface area (Å²) in [5.74, 6) is 0. The lowest BCUT2D eigenvalue weighted by Crippen LogP contribution is -2.00. The van der Waals surface area contributed by atoms with Crippen LogP contribution in [0.5, 0.6) is 0 Å². The first-order valence-corrected chi connectivity index (χ1v) is 9.96. The van der Waals surface area contributed by atoms with Crippen LogP contribution in [0.25, 0.3) is 5.69 Å². The van der Waals surface area contributed by atoms with Crippen molar-refractivity contribution in [2.24, 2.45) is 5.10 Å². The third-order valence-corrected chi connectivity index (χ3v) is 5.48. The van der Waals surface area contributed by atoms with E-state index in [1.807, 2.05) is 0 Å². The zero-order chi connectivity index (χ0) is 18.8. The number of rotatable bonds is 4. The Morgan fingerprint density at radius 3 is 2.23 bits per heavy atom. The van der Waals surface area contributed by atoms with Crippen LogP contribution in [0, 0.1) is 17.4 Å². The molecule has 0 atom stereocenters. The third-order valence-electron chi connectivity index (χ3n) is 3.94. The number of hydrazone groups is 1. The summed E-state index contributed by atoms with van der Waals surface area (Å²) in [7, 11) is 0. The first kappa shape index (κ1) is 19.5. The van der Waals surface area contributed by atoms with E-state index in [4.69, 9.17) is 34.8 Å². The maximum absolute atomic E-state index is 6.16. The van der Waals surface area contributed by atoms with Gasteiger partial charge in [-0.05, 0) is 78.9 Å². The minimum absolute atomic E-state index is 0.420. The molecular weight excluding hydrogens is 503 g/mol. The van der Waals surface area contributed by atoms with Gasteiger partial charge in [-0.25, -0.2) is 0 Å². The second-order valence-corrected chi connectivity index (χ2v) is 8.25. The summed E-state index contributed by atoms with van der Waals surface area (Å²) >= 11 is 20.5. The Bertz CT molecular complexity index is 955. The molecule has 2 aromatic carbocycles. The van der Waals surface area contributed by atoms with Gasteiger partial charge in [-0.15, -0.1) is 0 Å². The largest absolute Gasteiger partial charge is 0.318 e. The molecule has 1 heterocycles. The minimum Gasteiger partial charge on any atom is -0.318 e. The van der Waals surface area contributed by atoms with Gasteiger partial charge in [0.1, 0.15) is 0 Å². The van der Waals surface area contributed by atoms with E-state index in [-0.39, 0.29) is 0 Å². The molecule has 0 aliphatic heterocycles. The highest BCUT2D eigenvalue weighted by Crippen LogP contribution is 2.33. The van der Waals surface area contributed by atoms with Crippen molar-refractivity contribution in [3.05, 3.63) is 78.1 Å². The molecule has 0 radical (unpaired) electrons. The Labute approximate surface area is 181 Å². The van der Waals surface area contributed by atoms with Crippen LogP contribution in [0.2, 0.25) is 15.1 Å². The molecule has 7 heteroatoms. The van der Waals surface area contributed by atoms with E-state index in [9.17, 15) is 0 Å². The van der Waals surface area contributed by atoms with Crippen LogP contribution < -0.4 is 5.43 Å². The number of hydrogen-bond acceptors (Lipinski definition) is 2. The molecule has 0 saturated heterocycles. The SMILES string of the molecule is Cc1cc(/C=N/Nc2c(Cl)cc(Cl)cc2Cl)c(C)n1-c1ccc(I)cc1. The lowest BCUT2D eigenvalue weighted by Gasteiger charge is -2.09. The number of halogens is 4. The fourth-order valence-electron chi connectivity index (χ4n) is 2.72. The topological polar surface area (TPSA) is 29.3 Å². The summed E-state index contributed by atoms with van der Waals surface area (Å²) in [5, 5.41) is 5.61. The molecule has 1 aromatic heterocycles. The number of anilines is 1. The van der Waals surface area contributed by atoms with Gasteiger partial charge < -0.3 is 4.57 Å². The number of aryl methyl sites for hydroxylation is 1. The van der Waals surface area contributed by atoms with E-state index < -0.39 is 0 Å². The molecule has 3 nitrogen and oxygen atoms in total. The molecule has 0 aliphatic carbocycles. The Hall–Kier alpha value is -1.21. The molecule has 0 unspecified atom stereocenters. The molecule has 0 fully saturated rings. The summed E-state index contributed by atoms with van der Waals surface area (Å²) in [5.41, 5.74) is 7.79. The number of hydrogen-bond donors (Lipinski definition) is 1. The maximum atomic E-state index is 6.16. The number of nitrogens with one attached hydrogen (secondary N) is 1. The highest BCUT2D eigenvalue weighted by Gasteiger charge is 2.10. The van der Waals surface area contributed by atoms with Crippen molar-refractivity contribution < 1.29 is 0 Å². The van der Waals surface area contributed by atoms with Crippen molar-refractivity contribution in [1.29, 1.82) is 0 Å². The van der Waals surface area contributed by atoms with E-state index in [2.05, 4.69) is 81.9 Å². The second kappa shape index (κ2) is 8.21. The van der Waals surface area contributed by atoms with Crippen molar-refractivity contribution in [3.8, 4) is 5.69 Å². The molecule has 3 rings (SSSR count). The van der Waals surface area contributed by atoms with E-state index in [0.29, 0.717) is 20.8 Å². The first-order chi connectivity index (χ1) is 12.4. The predicted molar refractivity (Wildman–Crippen MR) is 121 cm³/mol. The summed E-state index contributed by atoms with van der Waals surface area (Å²) in [6.07, 6.45) is 1.76. The number of benzene rings is 2. The Morgan fingerprint density at radius 1 is 1.00 bits per heavy atom. The fraction of sp³-hybridized carbons (Fsp3) is 0.105. The van der Waals surface area contributed by atoms with Crippen molar-refractivity contribution in [2.75, 3.05) is 5.43 Å². The minimum atomic E-state index is 0.420. The smallest absolute Gasteiger partial charge is 0.0935 e. The zero-order valence-electron chi connectivity index (χ0n) is 14.0. The molecule has 0 amide bonds. The molecule has 26 heavy (non-hydrogen) atoms. The summed E-state index contributed by atoms with van der Waals surface area (Å²) in [6.45, 7) is 4.14. The van der Waals surface area contributed by atoms with Crippen molar-refractivity contribution in [1.82, 2.24) is 4.57 Å². The number of aromatic nitrogens is 1. The summed E-state index contributed by atoms with van der Waals surface area (Å²) in [4.78, 5) is 0. The van der Waals surface area contributed by atoms with Crippen LogP contribution in [0.1, 0.15) is 17.0 Å². The van der Waals surface area contributed by atoms with Crippen LogP contribution in [-0.2, 0) is 0 Å². The molecule has 0 aliphatic rings. The highest BCUT2D eigenvalue weighted by molar-refractivity contribution is 14.1. The maximum Gasteiger partial charge on any atom is 0.0935 e. The standard InChI is InChI=1S/C19H15Cl3IN3/c1-11-7-13(12(2)26(11)16-5-3-15(23)4-6-16)10-24-25-19-17(21)8-14(20)9-18(19)22/h3-10,25H,1-2H3/b24-10+. The van der Waals surface area contributed by atoms with Crippen LogP contribution in [0.4, 0.5) is 5.69 Å². The summed E-state index contributed by atoms with van der Waals surface area (Å²) < 4.78 is 3.40. The van der Waals surface area contributed by atoms with Crippen LogP contribution in [0.3, 0.4) is 0 Å². The Morgan fingerprint density at radius 2 is 1.62 bits per heavy atom. The average Bonchev–Trinajstić information content (AvgIpc) is 2.85. The van der Waals surface area contributed by atoms with E-state index in [0.717, 1.165) is 22.6 Å². The van der Waals surface area contributed by atoms with Crippen LogP contribution >= 0.6 is 57.4 Å². The monoisotopic (exact) mass is 517 g/mol. The van der Waals surface area contributed by atoms with Crippen molar-refractivity contribution in [2.45, 2.75) is 13.8 Å². The third kappa shape index (κ3) is 4.19. The first-order valence-electron chi connectivity index (χ1n) is 7.75. The van der Waals surface area contributed by atoms with Gasteiger partial charge in [-0.1, -0.05) is 34.8 Å². The van der Waals surface area contributed by atoms with Gasteiger partial charge in [-0.3, -0.25) is 5.43 Å². The normalized spacial score (nSPS) is 11.3. The fourth-order valence-corrected chi connectivity index (χ4v) is 3.98.